The van der Waals surface area contributed by atoms with Crippen molar-refractivity contribution in [2.75, 3.05) is 0 Å². The molecule has 0 fully saturated rings. The predicted octanol–water partition coefficient (Wildman–Crippen LogP) is 3.89. The minimum atomic E-state index is -1.17. The standard InChI is InChI=1S/C18H14FNO3/c1-11-9-15-13(10-14(11)19)16(7-8-20-15)23-17(18(21)22)12-5-3-2-4-6-12/h2-10,17H,1H3,(H,21,22). The maximum Gasteiger partial charge on any atom is 0.349 e. The van der Waals surface area contributed by atoms with Gasteiger partial charge in [0.25, 0.3) is 0 Å². The van der Waals surface area contributed by atoms with Gasteiger partial charge in [0.05, 0.1) is 5.52 Å². The number of nitrogens with zero attached hydrogens (tertiary/aromatic N) is 1. The molecule has 0 aliphatic heterocycles. The van der Waals surface area contributed by atoms with E-state index in [1.165, 1.54) is 18.3 Å². The summed E-state index contributed by atoms with van der Waals surface area (Å²) in [7, 11) is 0. The first-order valence-corrected chi connectivity index (χ1v) is 7.05. The number of aliphatic carboxylic acids is 1. The molecule has 4 nitrogen and oxygen atoms in total. The third kappa shape index (κ3) is 2.99. The topological polar surface area (TPSA) is 59.4 Å². The lowest BCUT2D eigenvalue weighted by molar-refractivity contribution is -0.145. The first-order chi connectivity index (χ1) is 11.1. The summed E-state index contributed by atoms with van der Waals surface area (Å²) in [6.45, 7) is 1.65. The van der Waals surface area contributed by atoms with Crippen molar-refractivity contribution in [1.82, 2.24) is 4.98 Å². The van der Waals surface area contributed by atoms with Crippen LogP contribution in [0.4, 0.5) is 4.39 Å². The van der Waals surface area contributed by atoms with Crippen LogP contribution < -0.4 is 4.74 Å². The lowest BCUT2D eigenvalue weighted by Gasteiger charge is -2.17. The Labute approximate surface area is 132 Å². The zero-order valence-corrected chi connectivity index (χ0v) is 12.4. The van der Waals surface area contributed by atoms with Gasteiger partial charge in [-0.3, -0.25) is 4.98 Å². The van der Waals surface area contributed by atoms with Gasteiger partial charge >= 0.3 is 5.97 Å². The van der Waals surface area contributed by atoms with Crippen LogP contribution in [0, 0.1) is 12.7 Å². The number of fused-ring (bicyclic) bond motifs is 1. The average Bonchev–Trinajstić information content (AvgIpc) is 2.54. The average molecular weight is 311 g/mol. The van der Waals surface area contributed by atoms with Gasteiger partial charge in [-0.05, 0) is 30.7 Å². The monoisotopic (exact) mass is 311 g/mol. The molecular weight excluding hydrogens is 297 g/mol. The van der Waals surface area contributed by atoms with E-state index in [1.54, 1.807) is 43.3 Å². The molecule has 23 heavy (non-hydrogen) atoms. The summed E-state index contributed by atoms with van der Waals surface area (Å²) < 4.78 is 19.5. The fourth-order valence-electron chi connectivity index (χ4n) is 2.36. The Morgan fingerprint density at radius 3 is 2.65 bits per heavy atom. The Balaban J connectivity index is 2.06. The predicted molar refractivity (Wildman–Crippen MR) is 83.9 cm³/mol. The van der Waals surface area contributed by atoms with Gasteiger partial charge in [-0.1, -0.05) is 30.3 Å². The van der Waals surface area contributed by atoms with E-state index in [9.17, 15) is 14.3 Å². The van der Waals surface area contributed by atoms with Crippen LogP contribution >= 0.6 is 0 Å². The molecule has 0 spiro atoms. The molecule has 5 heteroatoms. The maximum atomic E-state index is 13.8. The molecule has 0 saturated carbocycles. The smallest absolute Gasteiger partial charge is 0.349 e. The Kier molecular flexibility index (Phi) is 3.93. The molecule has 0 aliphatic carbocycles. The van der Waals surface area contributed by atoms with Crippen molar-refractivity contribution in [3.8, 4) is 5.75 Å². The lowest BCUT2D eigenvalue weighted by atomic mass is 10.1. The SMILES string of the molecule is Cc1cc2nccc(OC(C(=O)O)c3ccccc3)c2cc1F. The van der Waals surface area contributed by atoms with Gasteiger partial charge in [-0.25, -0.2) is 9.18 Å². The van der Waals surface area contributed by atoms with E-state index in [-0.39, 0.29) is 11.6 Å². The highest BCUT2D eigenvalue weighted by molar-refractivity contribution is 5.86. The third-order valence-corrected chi connectivity index (χ3v) is 3.55. The zero-order valence-electron chi connectivity index (χ0n) is 12.4. The number of hydrogen-bond donors (Lipinski definition) is 1. The molecule has 116 valence electrons. The summed E-state index contributed by atoms with van der Waals surface area (Å²) in [5.74, 6) is -1.22. The van der Waals surface area contributed by atoms with Crippen molar-refractivity contribution in [2.45, 2.75) is 13.0 Å². The summed E-state index contributed by atoms with van der Waals surface area (Å²) >= 11 is 0. The number of ether oxygens (including phenoxy) is 1. The second-order valence-corrected chi connectivity index (χ2v) is 5.17. The van der Waals surface area contributed by atoms with Crippen molar-refractivity contribution in [2.24, 2.45) is 0 Å². The highest BCUT2D eigenvalue weighted by Crippen LogP contribution is 2.30. The number of halogens is 1. The molecule has 1 heterocycles. The first-order valence-electron chi connectivity index (χ1n) is 7.05. The molecular formula is C18H14FNO3. The number of benzene rings is 2. The van der Waals surface area contributed by atoms with Crippen LogP contribution in [0.2, 0.25) is 0 Å². The van der Waals surface area contributed by atoms with E-state index < -0.39 is 12.1 Å². The molecule has 0 aliphatic rings. The van der Waals surface area contributed by atoms with Gasteiger partial charge in [-0.2, -0.15) is 0 Å². The van der Waals surface area contributed by atoms with Gasteiger partial charge in [0.15, 0.2) is 0 Å². The second kappa shape index (κ2) is 6.04. The lowest BCUT2D eigenvalue weighted by Crippen LogP contribution is -2.18. The minimum absolute atomic E-state index is 0.283. The van der Waals surface area contributed by atoms with Crippen LogP contribution in [-0.2, 0) is 4.79 Å². The number of rotatable bonds is 4. The summed E-state index contributed by atoms with van der Waals surface area (Å²) in [5.41, 5.74) is 1.54. The normalized spacial score (nSPS) is 12.1. The van der Waals surface area contributed by atoms with Gasteiger partial charge in [0, 0.05) is 17.1 Å². The van der Waals surface area contributed by atoms with Gasteiger partial charge in [0.1, 0.15) is 11.6 Å². The summed E-state index contributed by atoms with van der Waals surface area (Å²) in [5, 5.41) is 9.89. The highest BCUT2D eigenvalue weighted by Gasteiger charge is 2.22. The molecule has 0 radical (unpaired) electrons. The number of carboxylic acid groups (broad SMARTS) is 1. The molecule has 1 aromatic heterocycles. The number of pyridine rings is 1. The van der Waals surface area contributed by atoms with Crippen LogP contribution in [-0.4, -0.2) is 16.1 Å². The molecule has 1 atom stereocenters. The molecule has 0 saturated heterocycles. The second-order valence-electron chi connectivity index (χ2n) is 5.17. The molecule has 2 aromatic carbocycles. The van der Waals surface area contributed by atoms with Crippen LogP contribution in [0.5, 0.6) is 5.75 Å². The van der Waals surface area contributed by atoms with Gasteiger partial charge < -0.3 is 9.84 Å². The molecule has 3 aromatic rings. The molecule has 1 N–H and O–H groups in total. The maximum absolute atomic E-state index is 13.8. The number of hydrogen-bond acceptors (Lipinski definition) is 3. The number of aryl methyl sites for hydroxylation is 1. The van der Waals surface area contributed by atoms with Gasteiger partial charge in [-0.15, -0.1) is 0 Å². The quantitative estimate of drug-likeness (QED) is 0.794. The minimum Gasteiger partial charge on any atom is -0.478 e. The Morgan fingerprint density at radius 2 is 1.96 bits per heavy atom. The molecule has 0 bridgehead atoms. The third-order valence-electron chi connectivity index (χ3n) is 3.55. The van der Waals surface area contributed by atoms with Crippen molar-refractivity contribution in [3.05, 3.63) is 71.7 Å². The first kappa shape index (κ1) is 15.0. The van der Waals surface area contributed by atoms with E-state index in [2.05, 4.69) is 4.98 Å². The van der Waals surface area contributed by atoms with E-state index in [4.69, 9.17) is 4.74 Å². The fraction of sp³-hybridized carbons (Fsp3) is 0.111. The van der Waals surface area contributed by atoms with E-state index in [0.717, 1.165) is 0 Å². The van der Waals surface area contributed by atoms with Crippen LogP contribution in [0.15, 0.2) is 54.7 Å². The van der Waals surface area contributed by atoms with Crippen LogP contribution in [0.25, 0.3) is 10.9 Å². The summed E-state index contributed by atoms with van der Waals surface area (Å²) in [6, 6.07) is 13.1. The number of aromatic nitrogens is 1. The Morgan fingerprint density at radius 1 is 1.22 bits per heavy atom. The number of carboxylic acids is 1. The summed E-state index contributed by atoms with van der Waals surface area (Å²) in [4.78, 5) is 15.7. The van der Waals surface area contributed by atoms with Crippen molar-refractivity contribution >= 4 is 16.9 Å². The van der Waals surface area contributed by atoms with Crippen molar-refractivity contribution in [1.29, 1.82) is 0 Å². The van der Waals surface area contributed by atoms with Crippen LogP contribution in [0.1, 0.15) is 17.2 Å². The highest BCUT2D eigenvalue weighted by atomic mass is 19.1. The summed E-state index contributed by atoms with van der Waals surface area (Å²) in [6.07, 6.45) is 0.338. The van der Waals surface area contributed by atoms with Gasteiger partial charge in [0.2, 0.25) is 6.10 Å². The molecule has 0 amide bonds. The van der Waals surface area contributed by atoms with Crippen molar-refractivity contribution < 1.29 is 19.0 Å². The van der Waals surface area contributed by atoms with E-state index in [0.29, 0.717) is 22.0 Å². The fourth-order valence-corrected chi connectivity index (χ4v) is 2.36. The number of carbonyl (C=O) groups is 1. The Hall–Kier alpha value is -2.95. The molecule has 1 unspecified atom stereocenters. The largest absolute Gasteiger partial charge is 0.478 e. The van der Waals surface area contributed by atoms with Crippen molar-refractivity contribution in [3.63, 3.8) is 0 Å². The Bertz CT molecular complexity index is 865. The van der Waals surface area contributed by atoms with E-state index in [1.807, 2.05) is 0 Å². The van der Waals surface area contributed by atoms with E-state index >= 15 is 0 Å². The zero-order chi connectivity index (χ0) is 16.4. The van der Waals surface area contributed by atoms with Crippen LogP contribution in [0.3, 0.4) is 0 Å². The molecule has 3 rings (SSSR count).